The van der Waals surface area contributed by atoms with E-state index in [4.69, 9.17) is 42.9 Å². The molecule has 3 rings (SSSR count). The molecule has 1 aromatic carbocycles. The largest absolute Gasteiger partial charge is 0.418 e. The van der Waals surface area contributed by atoms with E-state index in [1.807, 2.05) is 0 Å². The molecule has 180 valence electrons. The van der Waals surface area contributed by atoms with Crippen molar-refractivity contribution >= 4 is 23.2 Å². The first-order valence-corrected chi connectivity index (χ1v) is 10.3. The summed E-state index contributed by atoms with van der Waals surface area (Å²) in [4.78, 5) is 2.84. The van der Waals surface area contributed by atoms with E-state index in [0.29, 0.717) is 6.07 Å². The highest BCUT2D eigenvalue weighted by Crippen LogP contribution is 2.42. The summed E-state index contributed by atoms with van der Waals surface area (Å²) in [7, 11) is 2.68. The minimum atomic E-state index is -4.77. The van der Waals surface area contributed by atoms with Crippen LogP contribution >= 0.6 is 23.2 Å². The summed E-state index contributed by atoms with van der Waals surface area (Å²) in [5.74, 6) is 0. The zero-order valence-electron chi connectivity index (χ0n) is 17.6. The number of hydrogen-bond donors (Lipinski definition) is 1. The predicted octanol–water partition coefficient (Wildman–Crippen LogP) is 4.73. The van der Waals surface area contributed by atoms with Gasteiger partial charge in [0.1, 0.15) is 18.3 Å². The zero-order valence-corrected chi connectivity index (χ0v) is 19.1. The number of ether oxygens (including phenoxy) is 3. The summed E-state index contributed by atoms with van der Waals surface area (Å²) in [6.07, 6.45) is -8.49. The second kappa shape index (κ2) is 10.1. The lowest BCUT2D eigenvalue weighted by Crippen LogP contribution is -2.58. The zero-order chi connectivity index (χ0) is 24.5. The Morgan fingerprint density at radius 1 is 1.24 bits per heavy atom. The van der Waals surface area contributed by atoms with E-state index in [-0.39, 0.29) is 15.7 Å². The molecule has 0 saturated carbocycles. The maximum absolute atomic E-state index is 13.8. The Labute approximate surface area is 196 Å². The van der Waals surface area contributed by atoms with Crippen LogP contribution in [0, 0.1) is 0 Å². The van der Waals surface area contributed by atoms with E-state index in [9.17, 15) is 18.3 Å². The normalized spacial score (nSPS) is 26.6. The smallest absolute Gasteiger partial charge is 0.391 e. The number of nitrogens with zero attached hydrogens (tertiary/aromatic N) is 5. The van der Waals surface area contributed by atoms with E-state index in [1.54, 1.807) is 0 Å². The highest BCUT2D eigenvalue weighted by molar-refractivity contribution is 6.42. The lowest BCUT2D eigenvalue weighted by molar-refractivity contribution is -0.220. The molecule has 2 aromatic rings. The monoisotopic (exact) mass is 509 g/mol. The van der Waals surface area contributed by atoms with Crippen molar-refractivity contribution in [1.29, 1.82) is 0 Å². The second-order valence-corrected chi connectivity index (χ2v) is 8.12. The van der Waals surface area contributed by atoms with Crippen molar-refractivity contribution in [3.05, 3.63) is 56.1 Å². The van der Waals surface area contributed by atoms with Crippen LogP contribution in [0.1, 0.15) is 24.3 Å². The van der Waals surface area contributed by atoms with Crippen LogP contribution < -0.4 is 0 Å². The van der Waals surface area contributed by atoms with Gasteiger partial charge in [-0.2, -0.15) is 18.3 Å². The van der Waals surface area contributed by atoms with Crippen LogP contribution in [0.2, 0.25) is 10.0 Å². The van der Waals surface area contributed by atoms with Crippen LogP contribution in [0.25, 0.3) is 16.1 Å². The minimum absolute atomic E-state index is 0.109. The van der Waals surface area contributed by atoms with Crippen molar-refractivity contribution in [3.63, 3.8) is 0 Å². The summed E-state index contributed by atoms with van der Waals surface area (Å²) >= 11 is 11.8. The molecule has 1 aliphatic rings. The Balaban J connectivity index is 2.19. The third kappa shape index (κ3) is 4.92. The molecule has 33 heavy (non-hydrogen) atoms. The third-order valence-electron chi connectivity index (χ3n) is 5.34. The van der Waals surface area contributed by atoms with Crippen LogP contribution in [0.15, 0.2) is 29.5 Å². The van der Waals surface area contributed by atoms with Crippen LogP contribution in [0.4, 0.5) is 13.2 Å². The number of rotatable bonds is 6. The number of aliphatic hydroxyl groups is 1. The SMILES string of the molecule is COC1C(N=[N+]=[N-])[C@@H](OC)C(C(C)O)O[C@H]1c1ccnn1-c1cc(Cl)c(Cl)cc1C(F)(F)F. The molecule has 0 bridgehead atoms. The molecule has 1 N–H and O–H groups in total. The number of methoxy groups -OCH3 is 2. The fourth-order valence-corrected chi connectivity index (χ4v) is 4.23. The molecule has 1 saturated heterocycles. The first kappa shape index (κ1) is 25.6. The summed E-state index contributed by atoms with van der Waals surface area (Å²) in [5.41, 5.74) is 7.76. The van der Waals surface area contributed by atoms with Gasteiger partial charge in [0.15, 0.2) is 0 Å². The van der Waals surface area contributed by atoms with Crippen molar-refractivity contribution in [2.45, 2.75) is 49.7 Å². The van der Waals surface area contributed by atoms with Crippen molar-refractivity contribution in [2.24, 2.45) is 5.11 Å². The third-order valence-corrected chi connectivity index (χ3v) is 6.06. The molecule has 0 radical (unpaired) electrons. The number of aliphatic hydroxyl groups excluding tert-OH is 1. The van der Waals surface area contributed by atoms with Gasteiger partial charge in [-0.05, 0) is 30.7 Å². The average Bonchev–Trinajstić information content (AvgIpc) is 3.23. The number of halogens is 5. The van der Waals surface area contributed by atoms with Gasteiger partial charge in [0.05, 0.1) is 45.2 Å². The molecule has 2 heterocycles. The molecule has 14 heteroatoms. The number of alkyl halides is 3. The quantitative estimate of drug-likeness (QED) is 0.343. The molecule has 1 aromatic heterocycles. The van der Waals surface area contributed by atoms with Crippen molar-refractivity contribution < 1.29 is 32.5 Å². The summed E-state index contributed by atoms with van der Waals surface area (Å²) in [6.45, 7) is 1.45. The lowest BCUT2D eigenvalue weighted by atomic mass is 9.89. The molecule has 0 aliphatic carbocycles. The van der Waals surface area contributed by atoms with Gasteiger partial charge in [-0.15, -0.1) is 0 Å². The van der Waals surface area contributed by atoms with Gasteiger partial charge < -0.3 is 19.3 Å². The molecule has 1 fully saturated rings. The Hall–Kier alpha value is -2.05. The second-order valence-electron chi connectivity index (χ2n) is 7.31. The number of hydrogen-bond acceptors (Lipinski definition) is 6. The highest BCUT2D eigenvalue weighted by atomic mass is 35.5. The molecular weight excluding hydrogens is 490 g/mol. The molecule has 1 aliphatic heterocycles. The van der Waals surface area contributed by atoms with Gasteiger partial charge in [-0.3, -0.25) is 0 Å². The van der Waals surface area contributed by atoms with Gasteiger partial charge in [-0.1, -0.05) is 28.3 Å². The van der Waals surface area contributed by atoms with Crippen LogP contribution in [0.3, 0.4) is 0 Å². The number of azide groups is 1. The van der Waals surface area contributed by atoms with Crippen LogP contribution in [0.5, 0.6) is 0 Å². The molecule has 9 nitrogen and oxygen atoms in total. The molecule has 4 unspecified atom stereocenters. The van der Waals surface area contributed by atoms with Gasteiger partial charge in [0.2, 0.25) is 0 Å². The van der Waals surface area contributed by atoms with Crippen molar-refractivity contribution in [3.8, 4) is 5.69 Å². The standard InChI is InChI=1S/C19H20Cl2F3N5O4/c1-8(30)15-17(31-2)14(27-28-25)18(32-3)16(33-15)12-4-5-26-29(12)13-7-11(21)10(20)6-9(13)19(22,23)24/h4-8,14-18,30H,1-3H3/t8?,14?,15?,16-,17+,18?/m0/s1. The molecule has 6 atom stereocenters. The molecule has 0 spiro atoms. The Kier molecular flexibility index (Phi) is 7.80. The van der Waals surface area contributed by atoms with Crippen molar-refractivity contribution in [1.82, 2.24) is 9.78 Å². The summed E-state index contributed by atoms with van der Waals surface area (Å²) in [5, 5.41) is 17.7. The van der Waals surface area contributed by atoms with E-state index in [2.05, 4.69) is 15.1 Å². The topological polar surface area (TPSA) is 114 Å². The summed E-state index contributed by atoms with van der Waals surface area (Å²) in [6, 6.07) is 2.21. The van der Waals surface area contributed by atoms with E-state index in [1.165, 1.54) is 33.4 Å². The average molecular weight is 510 g/mol. The Morgan fingerprint density at radius 3 is 2.42 bits per heavy atom. The number of benzene rings is 1. The fraction of sp³-hybridized carbons (Fsp3) is 0.526. The first-order chi connectivity index (χ1) is 15.5. The van der Waals surface area contributed by atoms with Crippen molar-refractivity contribution in [2.75, 3.05) is 14.2 Å². The van der Waals surface area contributed by atoms with Gasteiger partial charge in [-0.25, -0.2) is 4.68 Å². The lowest BCUT2D eigenvalue weighted by Gasteiger charge is -2.45. The summed E-state index contributed by atoms with van der Waals surface area (Å²) < 4.78 is 59.3. The van der Waals surface area contributed by atoms with E-state index >= 15 is 0 Å². The molecule has 0 amide bonds. The molecular formula is C19H20Cl2F3N5O4. The van der Waals surface area contributed by atoms with Crippen LogP contribution in [-0.4, -0.2) is 59.6 Å². The van der Waals surface area contributed by atoms with Crippen LogP contribution in [-0.2, 0) is 20.4 Å². The minimum Gasteiger partial charge on any atom is -0.391 e. The van der Waals surface area contributed by atoms with Gasteiger partial charge in [0, 0.05) is 25.3 Å². The predicted molar refractivity (Wildman–Crippen MR) is 112 cm³/mol. The maximum atomic E-state index is 13.8. The fourth-order valence-electron chi connectivity index (χ4n) is 3.91. The number of aromatic nitrogens is 2. The Bertz CT molecular complexity index is 1040. The van der Waals surface area contributed by atoms with E-state index < -0.39 is 54.0 Å². The highest BCUT2D eigenvalue weighted by Gasteiger charge is 2.49. The van der Waals surface area contributed by atoms with E-state index in [0.717, 1.165) is 10.7 Å². The first-order valence-electron chi connectivity index (χ1n) is 9.59. The van der Waals surface area contributed by atoms with Gasteiger partial charge in [0.25, 0.3) is 0 Å². The van der Waals surface area contributed by atoms with Gasteiger partial charge >= 0.3 is 6.18 Å². The maximum Gasteiger partial charge on any atom is 0.418 e. The Morgan fingerprint density at radius 2 is 1.88 bits per heavy atom.